The van der Waals surface area contributed by atoms with Crippen LogP contribution >= 0.6 is 23.2 Å². The van der Waals surface area contributed by atoms with Gasteiger partial charge in [0, 0.05) is 6.07 Å². The first-order valence-electron chi connectivity index (χ1n) is 9.39. The van der Waals surface area contributed by atoms with Crippen LogP contribution in [0.15, 0.2) is 41.8 Å². The van der Waals surface area contributed by atoms with Crippen molar-refractivity contribution in [3.05, 3.63) is 63.3 Å². The van der Waals surface area contributed by atoms with Gasteiger partial charge in [-0.05, 0) is 18.6 Å². The minimum atomic E-state index is -0.406. The van der Waals surface area contributed by atoms with Crippen molar-refractivity contribution in [2.45, 2.75) is 19.4 Å². The Kier molecular flexibility index (Phi) is 4.79. The number of hydrogen-bond donors (Lipinski definition) is 3. The van der Waals surface area contributed by atoms with Gasteiger partial charge in [-0.3, -0.25) is 9.89 Å². The Hall–Kier alpha value is -3.50. The molecule has 0 bridgehead atoms. The number of aromatic amines is 2. The lowest BCUT2D eigenvalue weighted by Gasteiger charge is -2.21. The molecule has 5 aromatic rings. The highest BCUT2D eigenvalue weighted by atomic mass is 35.5. The molecule has 156 valence electrons. The summed E-state index contributed by atoms with van der Waals surface area (Å²) >= 11 is 12.7. The second-order valence-electron chi connectivity index (χ2n) is 6.73. The molecule has 0 aliphatic carbocycles. The summed E-state index contributed by atoms with van der Waals surface area (Å²) in [5, 5.41) is 11.0. The molecule has 1 atom stereocenters. The number of hydrogen-bond acceptors (Lipinski definition) is 7. The SMILES string of the molecule is CCC(Nc1ncnc2nc[nH]c12)c1nc2c(Cl)ccc(Cl)c2c(=O)n1-c1ccn[nH]1. The minimum Gasteiger partial charge on any atom is -0.358 e. The summed E-state index contributed by atoms with van der Waals surface area (Å²) in [6.07, 6.45) is 5.11. The maximum atomic E-state index is 13.5. The Morgan fingerprint density at radius 1 is 1.16 bits per heavy atom. The molecule has 0 saturated carbocycles. The predicted molar refractivity (Wildman–Crippen MR) is 118 cm³/mol. The van der Waals surface area contributed by atoms with Crippen LogP contribution in [0.5, 0.6) is 0 Å². The van der Waals surface area contributed by atoms with E-state index in [9.17, 15) is 4.79 Å². The van der Waals surface area contributed by atoms with E-state index >= 15 is 0 Å². The second kappa shape index (κ2) is 7.64. The highest BCUT2D eigenvalue weighted by molar-refractivity contribution is 6.39. The number of nitrogens with one attached hydrogen (secondary N) is 3. The Morgan fingerprint density at radius 3 is 2.77 bits per heavy atom. The van der Waals surface area contributed by atoms with Crippen LogP contribution < -0.4 is 10.9 Å². The van der Waals surface area contributed by atoms with Crippen molar-refractivity contribution in [1.82, 2.24) is 39.7 Å². The van der Waals surface area contributed by atoms with Crippen molar-refractivity contribution >= 4 is 51.1 Å². The van der Waals surface area contributed by atoms with E-state index in [4.69, 9.17) is 28.2 Å². The molecule has 10 nitrogen and oxygen atoms in total. The first-order valence-corrected chi connectivity index (χ1v) is 10.1. The van der Waals surface area contributed by atoms with Gasteiger partial charge in [0.15, 0.2) is 11.5 Å². The number of imidazole rings is 1. The highest BCUT2D eigenvalue weighted by Gasteiger charge is 2.24. The maximum absolute atomic E-state index is 13.5. The van der Waals surface area contributed by atoms with Crippen molar-refractivity contribution in [3.63, 3.8) is 0 Å². The molecule has 1 unspecified atom stereocenters. The van der Waals surface area contributed by atoms with Crippen molar-refractivity contribution < 1.29 is 0 Å². The van der Waals surface area contributed by atoms with E-state index in [1.54, 1.807) is 30.7 Å². The number of benzene rings is 1. The molecule has 31 heavy (non-hydrogen) atoms. The van der Waals surface area contributed by atoms with Gasteiger partial charge in [-0.2, -0.15) is 5.10 Å². The van der Waals surface area contributed by atoms with E-state index in [1.807, 2.05) is 6.92 Å². The molecule has 0 saturated heterocycles. The Bertz CT molecular complexity index is 1460. The van der Waals surface area contributed by atoms with Crippen LogP contribution in [0.3, 0.4) is 0 Å². The van der Waals surface area contributed by atoms with E-state index in [0.717, 1.165) is 0 Å². The molecule has 12 heteroatoms. The standard InChI is InChI=1S/C19H15Cl2N9O/c1-2-11(27-17-15-16(23-7-22-15)24-8-25-17)18-28-14-10(21)4-3-9(20)13(14)19(31)30(18)12-5-6-26-29-12/h3-8,11H,2H2,1H3,(H,26,29)(H2,22,23,24,25,27). The number of nitrogens with zero attached hydrogens (tertiary/aromatic N) is 6. The molecule has 0 amide bonds. The molecule has 4 heterocycles. The molecule has 0 fully saturated rings. The van der Waals surface area contributed by atoms with E-state index in [-0.39, 0.29) is 16.0 Å². The molecular formula is C19H15Cl2N9O. The van der Waals surface area contributed by atoms with Crippen LogP contribution in [-0.2, 0) is 0 Å². The van der Waals surface area contributed by atoms with Crippen LogP contribution in [0.25, 0.3) is 27.9 Å². The number of halogens is 2. The zero-order valence-electron chi connectivity index (χ0n) is 16.1. The predicted octanol–water partition coefficient (Wildman–Crippen LogP) is 3.65. The fourth-order valence-electron chi connectivity index (χ4n) is 3.46. The van der Waals surface area contributed by atoms with Crippen molar-refractivity contribution in [2.24, 2.45) is 0 Å². The molecule has 1 aromatic carbocycles. The molecule has 0 radical (unpaired) electrons. The number of fused-ring (bicyclic) bond motifs is 2. The third-order valence-corrected chi connectivity index (χ3v) is 5.55. The summed E-state index contributed by atoms with van der Waals surface area (Å²) in [7, 11) is 0. The zero-order chi connectivity index (χ0) is 21.5. The molecule has 0 aliphatic rings. The molecule has 0 aliphatic heterocycles. The van der Waals surface area contributed by atoms with Crippen LogP contribution in [0.4, 0.5) is 5.82 Å². The quantitative estimate of drug-likeness (QED) is 0.368. The Balaban J connectivity index is 1.76. The number of rotatable bonds is 5. The average molecular weight is 456 g/mol. The van der Waals surface area contributed by atoms with Crippen molar-refractivity contribution in [1.29, 1.82) is 0 Å². The topological polar surface area (TPSA) is 130 Å². The van der Waals surface area contributed by atoms with Gasteiger partial charge < -0.3 is 10.3 Å². The Morgan fingerprint density at radius 2 is 2.00 bits per heavy atom. The fourth-order valence-corrected chi connectivity index (χ4v) is 3.90. The van der Waals surface area contributed by atoms with Gasteiger partial charge in [0.05, 0.1) is 39.5 Å². The first kappa shape index (κ1) is 19.5. The lowest BCUT2D eigenvalue weighted by atomic mass is 10.1. The summed E-state index contributed by atoms with van der Waals surface area (Å²) < 4.78 is 1.45. The molecular weight excluding hydrogens is 441 g/mol. The molecule has 3 N–H and O–H groups in total. The van der Waals surface area contributed by atoms with Crippen LogP contribution in [0.1, 0.15) is 25.2 Å². The summed E-state index contributed by atoms with van der Waals surface area (Å²) in [6.45, 7) is 1.97. The van der Waals surface area contributed by atoms with E-state index in [1.165, 1.54) is 10.9 Å². The van der Waals surface area contributed by atoms with E-state index in [0.29, 0.717) is 45.6 Å². The first-order chi connectivity index (χ1) is 15.1. The lowest BCUT2D eigenvalue weighted by Crippen LogP contribution is -2.29. The van der Waals surface area contributed by atoms with Gasteiger partial charge in [-0.25, -0.2) is 24.5 Å². The minimum absolute atomic E-state index is 0.236. The normalized spacial score (nSPS) is 12.5. The van der Waals surface area contributed by atoms with Gasteiger partial charge in [0.2, 0.25) is 0 Å². The maximum Gasteiger partial charge on any atom is 0.268 e. The number of aromatic nitrogens is 8. The second-order valence-corrected chi connectivity index (χ2v) is 7.55. The third kappa shape index (κ3) is 3.20. The Labute approximate surface area is 184 Å². The van der Waals surface area contributed by atoms with Gasteiger partial charge in [-0.15, -0.1) is 0 Å². The third-order valence-electron chi connectivity index (χ3n) is 4.93. The molecule has 5 rings (SSSR count). The molecule has 0 spiro atoms. The van der Waals surface area contributed by atoms with Crippen LogP contribution in [0, 0.1) is 0 Å². The van der Waals surface area contributed by atoms with Crippen LogP contribution in [-0.4, -0.2) is 39.7 Å². The number of H-pyrrole nitrogens is 2. The highest BCUT2D eigenvalue weighted by Crippen LogP contribution is 2.30. The summed E-state index contributed by atoms with van der Waals surface area (Å²) in [4.78, 5) is 33.9. The lowest BCUT2D eigenvalue weighted by molar-refractivity contribution is 0.653. The van der Waals surface area contributed by atoms with Gasteiger partial charge in [-0.1, -0.05) is 30.1 Å². The fraction of sp³-hybridized carbons (Fsp3) is 0.158. The molecule has 4 aromatic heterocycles. The van der Waals surface area contributed by atoms with Crippen molar-refractivity contribution in [3.8, 4) is 5.82 Å². The summed E-state index contributed by atoms with van der Waals surface area (Å²) in [6, 6.07) is 4.48. The zero-order valence-corrected chi connectivity index (χ0v) is 17.6. The monoisotopic (exact) mass is 455 g/mol. The summed E-state index contributed by atoms with van der Waals surface area (Å²) in [5.41, 5.74) is 1.16. The largest absolute Gasteiger partial charge is 0.358 e. The van der Waals surface area contributed by atoms with Crippen molar-refractivity contribution in [2.75, 3.05) is 5.32 Å². The average Bonchev–Trinajstić information content (AvgIpc) is 3.46. The van der Waals surface area contributed by atoms with Crippen LogP contribution in [0.2, 0.25) is 10.0 Å². The number of anilines is 1. The van der Waals surface area contributed by atoms with E-state index < -0.39 is 6.04 Å². The van der Waals surface area contributed by atoms with Gasteiger partial charge in [0.1, 0.15) is 23.5 Å². The van der Waals surface area contributed by atoms with Gasteiger partial charge >= 0.3 is 0 Å². The summed E-state index contributed by atoms with van der Waals surface area (Å²) in [5.74, 6) is 1.43. The smallest absolute Gasteiger partial charge is 0.268 e. The van der Waals surface area contributed by atoms with Gasteiger partial charge in [0.25, 0.3) is 5.56 Å². The van der Waals surface area contributed by atoms with E-state index in [2.05, 4.69) is 35.5 Å².